The van der Waals surface area contributed by atoms with Crippen LogP contribution in [0.2, 0.25) is 0 Å². The minimum absolute atomic E-state index is 0.209. The van der Waals surface area contributed by atoms with Crippen LogP contribution >= 0.6 is 0 Å². The van der Waals surface area contributed by atoms with Gasteiger partial charge in [0.1, 0.15) is 6.10 Å². The van der Waals surface area contributed by atoms with Gasteiger partial charge in [-0.05, 0) is 19.0 Å². The highest BCUT2D eigenvalue weighted by Gasteiger charge is 2.18. The van der Waals surface area contributed by atoms with Crippen molar-refractivity contribution in [3.05, 3.63) is 12.3 Å². The van der Waals surface area contributed by atoms with Crippen LogP contribution < -0.4 is 15.8 Å². The van der Waals surface area contributed by atoms with Gasteiger partial charge in [-0.2, -0.15) is 0 Å². The second-order valence-corrected chi connectivity index (χ2v) is 2.92. The summed E-state index contributed by atoms with van der Waals surface area (Å²) in [7, 11) is 0. The summed E-state index contributed by atoms with van der Waals surface area (Å²) in [5, 5.41) is 3.27. The summed E-state index contributed by atoms with van der Waals surface area (Å²) in [5.41, 5.74) is 6.48. The molecule has 1 aromatic rings. The topological polar surface area (TPSA) is 63.1 Å². The van der Waals surface area contributed by atoms with Gasteiger partial charge in [-0.3, -0.25) is 0 Å². The highest BCUT2D eigenvalue weighted by atomic mass is 16.5. The predicted molar refractivity (Wildman–Crippen MR) is 47.4 cm³/mol. The van der Waals surface area contributed by atoms with Crippen LogP contribution in [-0.4, -0.2) is 24.2 Å². The molecule has 0 aliphatic carbocycles. The largest absolute Gasteiger partial charge is 0.472 e. The quantitative estimate of drug-likeness (QED) is 0.602. The smallest absolute Gasteiger partial charge is 0.215 e. The molecule has 0 radical (unpaired) electrons. The first kappa shape index (κ1) is 7.49. The number of aromatic amines is 1. The first-order chi connectivity index (χ1) is 5.90. The number of fused-ring (bicyclic) bond motifs is 1. The van der Waals surface area contributed by atoms with Crippen LogP contribution in [0.5, 0.6) is 5.88 Å². The van der Waals surface area contributed by atoms with E-state index in [1.165, 1.54) is 0 Å². The molecule has 2 rings (SSSR count). The van der Waals surface area contributed by atoms with Crippen molar-refractivity contribution in [1.82, 2.24) is 4.98 Å². The zero-order valence-electron chi connectivity index (χ0n) is 6.84. The maximum Gasteiger partial charge on any atom is 0.215 e. The van der Waals surface area contributed by atoms with Crippen molar-refractivity contribution in [2.75, 3.05) is 18.4 Å². The first-order valence-corrected chi connectivity index (χ1v) is 4.18. The average Bonchev–Trinajstić information content (AvgIpc) is 2.51. The average molecular weight is 167 g/mol. The second kappa shape index (κ2) is 3.06. The minimum Gasteiger partial charge on any atom is -0.472 e. The molecule has 0 saturated heterocycles. The Morgan fingerprint density at radius 1 is 1.67 bits per heavy atom. The van der Waals surface area contributed by atoms with Crippen LogP contribution in [0.15, 0.2) is 12.3 Å². The molecule has 1 aliphatic heterocycles. The molecule has 1 aliphatic rings. The van der Waals surface area contributed by atoms with Gasteiger partial charge in [-0.15, -0.1) is 0 Å². The van der Waals surface area contributed by atoms with Gasteiger partial charge in [-0.1, -0.05) is 0 Å². The van der Waals surface area contributed by atoms with Gasteiger partial charge in [-0.25, -0.2) is 0 Å². The van der Waals surface area contributed by atoms with E-state index < -0.39 is 0 Å². The van der Waals surface area contributed by atoms with Crippen LogP contribution in [0.25, 0.3) is 0 Å². The Bertz CT molecular complexity index is 259. The van der Waals surface area contributed by atoms with E-state index >= 15 is 0 Å². The van der Waals surface area contributed by atoms with Crippen molar-refractivity contribution < 1.29 is 4.74 Å². The van der Waals surface area contributed by atoms with Gasteiger partial charge < -0.3 is 20.8 Å². The normalized spacial score (nSPS) is 20.9. The molecular weight excluding hydrogens is 154 g/mol. The van der Waals surface area contributed by atoms with Gasteiger partial charge in [0.25, 0.3) is 0 Å². The molecule has 0 bridgehead atoms. The lowest BCUT2D eigenvalue weighted by Gasteiger charge is -2.24. The molecule has 12 heavy (non-hydrogen) atoms. The third-order valence-corrected chi connectivity index (χ3v) is 2.00. The third kappa shape index (κ3) is 1.25. The highest BCUT2D eigenvalue weighted by molar-refractivity contribution is 5.54. The Morgan fingerprint density at radius 2 is 2.58 bits per heavy atom. The summed E-state index contributed by atoms with van der Waals surface area (Å²) >= 11 is 0. The van der Waals surface area contributed by atoms with Crippen molar-refractivity contribution in [3.8, 4) is 5.88 Å². The summed E-state index contributed by atoms with van der Waals surface area (Å²) in [5.74, 6) is 0.833. The van der Waals surface area contributed by atoms with E-state index in [4.69, 9.17) is 10.5 Å². The number of aromatic nitrogens is 1. The Morgan fingerprint density at radius 3 is 3.42 bits per heavy atom. The van der Waals surface area contributed by atoms with Crippen molar-refractivity contribution in [2.24, 2.45) is 5.73 Å². The highest BCUT2D eigenvalue weighted by Crippen LogP contribution is 2.27. The van der Waals surface area contributed by atoms with Crippen molar-refractivity contribution in [3.63, 3.8) is 0 Å². The summed E-state index contributed by atoms with van der Waals surface area (Å²) in [6.07, 6.45) is 2.97. The van der Waals surface area contributed by atoms with Crippen molar-refractivity contribution in [1.29, 1.82) is 0 Å². The molecule has 0 fully saturated rings. The Balaban J connectivity index is 2.05. The molecule has 1 aromatic heterocycles. The lowest BCUT2D eigenvalue weighted by molar-refractivity contribution is 0.191. The predicted octanol–water partition coefficient (Wildman–Crippen LogP) is 0.536. The number of nitrogens with two attached hydrogens (primary N) is 1. The summed E-state index contributed by atoms with van der Waals surface area (Å²) < 4.78 is 5.61. The number of rotatable bonds is 2. The number of H-pyrrole nitrogens is 1. The number of hydrogen-bond donors (Lipinski definition) is 3. The van der Waals surface area contributed by atoms with Gasteiger partial charge in [0, 0.05) is 6.20 Å². The molecule has 4 heteroatoms. The Kier molecular flexibility index (Phi) is 1.91. The van der Waals surface area contributed by atoms with Gasteiger partial charge >= 0.3 is 0 Å². The Hall–Kier alpha value is -1.16. The van der Waals surface area contributed by atoms with E-state index in [0.717, 1.165) is 24.5 Å². The molecule has 0 spiro atoms. The lowest BCUT2D eigenvalue weighted by atomic mass is 10.2. The number of hydrogen-bond acceptors (Lipinski definition) is 3. The Labute approximate surface area is 71.1 Å². The van der Waals surface area contributed by atoms with Gasteiger partial charge in [0.15, 0.2) is 0 Å². The fourth-order valence-electron chi connectivity index (χ4n) is 1.37. The second-order valence-electron chi connectivity index (χ2n) is 2.92. The summed E-state index contributed by atoms with van der Waals surface area (Å²) in [6.45, 7) is 1.52. The molecule has 0 saturated carbocycles. The minimum atomic E-state index is 0.209. The first-order valence-electron chi connectivity index (χ1n) is 4.18. The van der Waals surface area contributed by atoms with E-state index in [1.807, 2.05) is 12.3 Å². The molecular formula is C8H13N3O. The van der Waals surface area contributed by atoms with E-state index in [-0.39, 0.29) is 6.10 Å². The monoisotopic (exact) mass is 167 g/mol. The number of ether oxygens (including phenoxy) is 1. The van der Waals surface area contributed by atoms with Crippen LogP contribution in [-0.2, 0) is 0 Å². The molecule has 0 amide bonds. The SMILES string of the molecule is NCCC1CNc2cc[nH]c2O1. The summed E-state index contributed by atoms with van der Waals surface area (Å²) in [4.78, 5) is 3.02. The van der Waals surface area contributed by atoms with E-state index in [9.17, 15) is 0 Å². The number of anilines is 1. The molecule has 4 N–H and O–H groups in total. The van der Waals surface area contributed by atoms with Crippen LogP contribution in [0.3, 0.4) is 0 Å². The van der Waals surface area contributed by atoms with Crippen LogP contribution in [0.4, 0.5) is 5.69 Å². The molecule has 4 nitrogen and oxygen atoms in total. The third-order valence-electron chi connectivity index (χ3n) is 2.00. The molecule has 1 unspecified atom stereocenters. The fourth-order valence-corrected chi connectivity index (χ4v) is 1.37. The van der Waals surface area contributed by atoms with Gasteiger partial charge in [0.05, 0.1) is 12.2 Å². The lowest BCUT2D eigenvalue weighted by Crippen LogP contribution is -2.32. The van der Waals surface area contributed by atoms with E-state index in [0.29, 0.717) is 6.54 Å². The molecule has 0 aromatic carbocycles. The maximum atomic E-state index is 5.61. The van der Waals surface area contributed by atoms with Gasteiger partial charge in [0.2, 0.25) is 5.88 Å². The van der Waals surface area contributed by atoms with Crippen LogP contribution in [0.1, 0.15) is 6.42 Å². The maximum absolute atomic E-state index is 5.61. The summed E-state index contributed by atoms with van der Waals surface area (Å²) in [6, 6.07) is 1.97. The van der Waals surface area contributed by atoms with Crippen molar-refractivity contribution in [2.45, 2.75) is 12.5 Å². The van der Waals surface area contributed by atoms with E-state index in [1.54, 1.807) is 0 Å². The number of nitrogens with one attached hydrogen (secondary N) is 2. The fraction of sp³-hybridized carbons (Fsp3) is 0.500. The zero-order chi connectivity index (χ0) is 8.39. The zero-order valence-corrected chi connectivity index (χ0v) is 6.84. The molecule has 1 atom stereocenters. The van der Waals surface area contributed by atoms with E-state index in [2.05, 4.69) is 10.3 Å². The van der Waals surface area contributed by atoms with Crippen molar-refractivity contribution >= 4 is 5.69 Å². The van der Waals surface area contributed by atoms with Crippen LogP contribution in [0, 0.1) is 0 Å². The standard InChI is InChI=1S/C8H13N3O/c9-3-1-6-5-11-7-2-4-10-8(7)12-6/h2,4,6,10-11H,1,3,5,9H2. The molecule has 66 valence electrons. The molecule has 2 heterocycles.